The molecule has 1 heterocycles. The average Bonchev–Trinajstić information content (AvgIpc) is 2.97. The van der Waals surface area contributed by atoms with Gasteiger partial charge < -0.3 is 14.8 Å². The van der Waals surface area contributed by atoms with Crippen molar-refractivity contribution in [1.82, 2.24) is 14.5 Å². The van der Waals surface area contributed by atoms with E-state index in [0.29, 0.717) is 18.5 Å². The Bertz CT molecular complexity index is 959. The van der Waals surface area contributed by atoms with Crippen LogP contribution in [0, 0.1) is 5.92 Å². The van der Waals surface area contributed by atoms with Crippen LogP contribution < -0.4 is 11.0 Å². The Morgan fingerprint density at radius 2 is 1.73 bits per heavy atom. The molecule has 0 saturated carbocycles. The van der Waals surface area contributed by atoms with Crippen molar-refractivity contribution in [3.8, 4) is 0 Å². The van der Waals surface area contributed by atoms with Crippen LogP contribution in [0.5, 0.6) is 0 Å². The number of hydrogen-bond acceptors (Lipinski definition) is 6. The van der Waals surface area contributed by atoms with Crippen molar-refractivity contribution >= 4 is 28.9 Å². The molecule has 1 N–H and O–H groups in total. The van der Waals surface area contributed by atoms with Crippen LogP contribution >= 0.6 is 0 Å². The summed E-state index contributed by atoms with van der Waals surface area (Å²) < 4.78 is 12.7. The Morgan fingerprint density at radius 1 is 1.10 bits per heavy atom. The monoisotopic (exact) mass is 419 g/mol. The predicted octanol–water partition coefficient (Wildman–Crippen LogP) is 1.46. The van der Waals surface area contributed by atoms with Crippen LogP contribution in [0.3, 0.4) is 0 Å². The van der Waals surface area contributed by atoms with Crippen molar-refractivity contribution in [3.63, 3.8) is 0 Å². The van der Waals surface area contributed by atoms with Gasteiger partial charge in [0.15, 0.2) is 6.61 Å². The molecule has 2 rings (SSSR count). The highest BCUT2D eigenvalue weighted by Gasteiger charge is 2.23. The number of amides is 1. The maximum atomic E-state index is 12.7. The van der Waals surface area contributed by atoms with Gasteiger partial charge in [-0.25, -0.2) is 9.59 Å². The van der Waals surface area contributed by atoms with Gasteiger partial charge in [-0.15, -0.1) is 0 Å². The fourth-order valence-electron chi connectivity index (χ4n) is 3.25. The molecule has 0 spiro atoms. The third kappa shape index (κ3) is 5.71. The molecule has 0 fully saturated rings. The molecule has 1 aromatic heterocycles. The fraction of sp³-hybridized carbons (Fsp3) is 0.524. The van der Waals surface area contributed by atoms with Gasteiger partial charge in [0.2, 0.25) is 0 Å². The number of fused-ring (bicyclic) bond motifs is 1. The lowest BCUT2D eigenvalue weighted by molar-refractivity contribution is -0.150. The summed E-state index contributed by atoms with van der Waals surface area (Å²) >= 11 is 0. The van der Waals surface area contributed by atoms with E-state index >= 15 is 0 Å². The number of aromatic nitrogens is 2. The van der Waals surface area contributed by atoms with Crippen molar-refractivity contribution in [2.75, 3.05) is 13.7 Å². The van der Waals surface area contributed by atoms with E-state index in [9.17, 15) is 19.2 Å². The van der Waals surface area contributed by atoms with Crippen LogP contribution in [0.2, 0.25) is 0 Å². The molecule has 1 aromatic carbocycles. The number of ether oxygens (including phenoxy) is 2. The lowest BCUT2D eigenvalue weighted by Crippen LogP contribution is -2.44. The number of para-hydroxylation sites is 2. The highest BCUT2D eigenvalue weighted by atomic mass is 16.5. The minimum atomic E-state index is -0.809. The quantitative estimate of drug-likeness (QED) is 0.584. The number of imidazole rings is 1. The van der Waals surface area contributed by atoms with Crippen LogP contribution in [-0.4, -0.2) is 46.7 Å². The lowest BCUT2D eigenvalue weighted by Gasteiger charge is -2.18. The van der Waals surface area contributed by atoms with E-state index in [4.69, 9.17) is 9.47 Å². The minimum absolute atomic E-state index is 0.157. The number of benzene rings is 1. The SMILES string of the molecule is CCCn1c(=O)n(CC(=O)OCC(=O)NC(CC(C)C)C(=O)OC)c2ccccc21. The van der Waals surface area contributed by atoms with Gasteiger partial charge in [-0.05, 0) is 30.9 Å². The summed E-state index contributed by atoms with van der Waals surface area (Å²) in [6.07, 6.45) is 1.18. The first-order valence-corrected chi connectivity index (χ1v) is 9.99. The van der Waals surface area contributed by atoms with Crippen molar-refractivity contribution < 1.29 is 23.9 Å². The van der Waals surface area contributed by atoms with E-state index in [2.05, 4.69) is 5.32 Å². The number of methoxy groups -OCH3 is 1. The second-order valence-corrected chi connectivity index (χ2v) is 7.44. The van der Waals surface area contributed by atoms with Crippen LogP contribution in [0.4, 0.5) is 0 Å². The van der Waals surface area contributed by atoms with Gasteiger partial charge in [-0.2, -0.15) is 0 Å². The van der Waals surface area contributed by atoms with Gasteiger partial charge in [0.1, 0.15) is 12.6 Å². The molecule has 30 heavy (non-hydrogen) atoms. The number of esters is 2. The smallest absolute Gasteiger partial charge is 0.329 e. The molecule has 1 unspecified atom stereocenters. The zero-order chi connectivity index (χ0) is 22.3. The average molecular weight is 419 g/mol. The summed E-state index contributed by atoms with van der Waals surface area (Å²) in [6, 6.07) is 6.39. The van der Waals surface area contributed by atoms with Crippen molar-refractivity contribution in [1.29, 1.82) is 0 Å². The number of rotatable bonds is 10. The second-order valence-electron chi connectivity index (χ2n) is 7.44. The molecule has 2 aromatic rings. The van der Waals surface area contributed by atoms with Gasteiger partial charge in [0.25, 0.3) is 5.91 Å². The second kappa shape index (κ2) is 10.6. The number of aryl methyl sites for hydroxylation is 1. The molecule has 0 aliphatic heterocycles. The first kappa shape index (κ1) is 23.2. The Kier molecular flexibility index (Phi) is 8.20. The maximum absolute atomic E-state index is 12.7. The standard InChI is InChI=1S/C21H29N3O6/c1-5-10-23-16-8-6-7-9-17(16)24(21(23)28)12-19(26)30-13-18(25)22-15(11-14(2)3)20(27)29-4/h6-9,14-15H,5,10-13H2,1-4H3,(H,22,25). The molecule has 0 bridgehead atoms. The first-order chi connectivity index (χ1) is 14.3. The zero-order valence-corrected chi connectivity index (χ0v) is 17.8. The third-order valence-electron chi connectivity index (χ3n) is 4.55. The lowest BCUT2D eigenvalue weighted by atomic mass is 10.0. The molecule has 0 saturated heterocycles. The molecule has 0 radical (unpaired) electrons. The summed E-state index contributed by atoms with van der Waals surface area (Å²) in [7, 11) is 1.24. The summed E-state index contributed by atoms with van der Waals surface area (Å²) in [6.45, 7) is 5.47. The number of hydrogen-bond donors (Lipinski definition) is 1. The van der Waals surface area contributed by atoms with Crippen molar-refractivity contribution in [3.05, 3.63) is 34.7 Å². The Balaban J connectivity index is 2.03. The Labute approximate surface area is 174 Å². The molecule has 164 valence electrons. The summed E-state index contributed by atoms with van der Waals surface area (Å²) in [5.41, 5.74) is 1.06. The Hall–Kier alpha value is -3.10. The zero-order valence-electron chi connectivity index (χ0n) is 17.8. The van der Waals surface area contributed by atoms with E-state index < -0.39 is 30.5 Å². The molecule has 1 atom stereocenters. The first-order valence-electron chi connectivity index (χ1n) is 9.99. The molecule has 0 aliphatic carbocycles. The number of nitrogens with zero attached hydrogens (tertiary/aromatic N) is 2. The maximum Gasteiger partial charge on any atom is 0.329 e. The van der Waals surface area contributed by atoms with E-state index in [1.165, 1.54) is 11.7 Å². The van der Waals surface area contributed by atoms with Crippen molar-refractivity contribution in [2.45, 2.75) is 52.7 Å². The number of nitrogens with one attached hydrogen (secondary N) is 1. The van der Waals surface area contributed by atoms with Crippen LogP contribution in [0.1, 0.15) is 33.6 Å². The molecule has 9 nitrogen and oxygen atoms in total. The molecule has 0 aliphatic rings. The predicted molar refractivity (Wildman–Crippen MR) is 111 cm³/mol. The van der Waals surface area contributed by atoms with E-state index in [1.807, 2.05) is 32.9 Å². The van der Waals surface area contributed by atoms with E-state index in [1.54, 1.807) is 16.7 Å². The van der Waals surface area contributed by atoms with E-state index in [0.717, 1.165) is 11.9 Å². The van der Waals surface area contributed by atoms with E-state index in [-0.39, 0.29) is 18.2 Å². The minimum Gasteiger partial charge on any atom is -0.467 e. The third-order valence-corrected chi connectivity index (χ3v) is 4.55. The molecule has 9 heteroatoms. The fourth-order valence-corrected chi connectivity index (χ4v) is 3.25. The van der Waals surface area contributed by atoms with Gasteiger partial charge in [-0.3, -0.25) is 18.7 Å². The molecule has 1 amide bonds. The largest absolute Gasteiger partial charge is 0.467 e. The summed E-state index contributed by atoms with van der Waals surface area (Å²) in [5.74, 6) is -1.73. The van der Waals surface area contributed by atoms with Gasteiger partial charge in [0.05, 0.1) is 18.1 Å². The Morgan fingerprint density at radius 3 is 2.30 bits per heavy atom. The van der Waals surface area contributed by atoms with Crippen molar-refractivity contribution in [2.24, 2.45) is 5.92 Å². The number of carbonyl (C=O) groups excluding carboxylic acids is 3. The highest BCUT2D eigenvalue weighted by molar-refractivity contribution is 5.86. The normalized spacial score (nSPS) is 12.0. The van der Waals surface area contributed by atoms with Gasteiger partial charge >= 0.3 is 17.6 Å². The van der Waals surface area contributed by atoms with Crippen LogP contribution in [-0.2, 0) is 36.9 Å². The van der Waals surface area contributed by atoms with Crippen LogP contribution in [0.25, 0.3) is 11.0 Å². The number of carbonyl (C=O) groups is 3. The molecular weight excluding hydrogens is 390 g/mol. The van der Waals surface area contributed by atoms with Gasteiger partial charge in [-0.1, -0.05) is 32.9 Å². The van der Waals surface area contributed by atoms with Crippen LogP contribution in [0.15, 0.2) is 29.1 Å². The topological polar surface area (TPSA) is 109 Å². The molecular formula is C21H29N3O6. The summed E-state index contributed by atoms with van der Waals surface area (Å²) in [4.78, 5) is 48.9. The summed E-state index contributed by atoms with van der Waals surface area (Å²) in [5, 5.41) is 2.52. The van der Waals surface area contributed by atoms with Gasteiger partial charge in [0, 0.05) is 6.54 Å². The highest BCUT2D eigenvalue weighted by Crippen LogP contribution is 2.13.